The average molecular weight is 412 g/mol. The highest BCUT2D eigenvalue weighted by molar-refractivity contribution is 7.84. The number of halogens is 2. The molecular formula is C19H20ClFNO4P. The van der Waals surface area contributed by atoms with Gasteiger partial charge in [-0.2, -0.15) is 0 Å². The molecule has 1 aliphatic rings. The molecule has 0 amide bonds. The van der Waals surface area contributed by atoms with Crippen LogP contribution in [-0.4, -0.2) is 11.5 Å². The van der Waals surface area contributed by atoms with E-state index in [1.54, 1.807) is 0 Å². The zero-order valence-electron chi connectivity index (χ0n) is 14.6. The smallest absolute Gasteiger partial charge is 0.410 e. The van der Waals surface area contributed by atoms with Crippen molar-refractivity contribution in [1.82, 2.24) is 5.09 Å². The summed E-state index contributed by atoms with van der Waals surface area (Å²) in [4.78, 5) is 12.7. The Morgan fingerprint density at radius 1 is 1.11 bits per heavy atom. The first kappa shape index (κ1) is 19.9. The molecule has 2 aromatic carbocycles. The molecule has 1 fully saturated rings. The molecule has 1 atom stereocenters. The lowest BCUT2D eigenvalue weighted by Crippen LogP contribution is -2.49. The third-order valence-corrected chi connectivity index (χ3v) is 6.05. The molecule has 1 aliphatic carbocycles. The lowest BCUT2D eigenvalue weighted by Gasteiger charge is -2.29. The summed E-state index contributed by atoms with van der Waals surface area (Å²) in [5.74, 6) is -0.808. The van der Waals surface area contributed by atoms with Crippen molar-refractivity contribution < 1.29 is 23.0 Å². The Balaban J connectivity index is 1.68. The van der Waals surface area contributed by atoms with Crippen LogP contribution >= 0.6 is 18.1 Å². The highest BCUT2D eigenvalue weighted by Gasteiger charge is 2.47. The van der Waals surface area contributed by atoms with E-state index in [0.29, 0.717) is 12.8 Å². The maximum Gasteiger partial charge on any atom is 0.410 e. The van der Waals surface area contributed by atoms with E-state index >= 15 is 0 Å². The van der Waals surface area contributed by atoms with Crippen molar-refractivity contribution in [2.75, 3.05) is 0 Å². The van der Waals surface area contributed by atoms with Crippen molar-refractivity contribution in [3.05, 3.63) is 66.0 Å². The number of hydrogen-bond donors (Lipinski definition) is 1. The highest BCUT2D eigenvalue weighted by Crippen LogP contribution is 2.52. The van der Waals surface area contributed by atoms with Gasteiger partial charge in [-0.1, -0.05) is 43.2 Å². The normalized spacial score (nSPS) is 17.9. The van der Waals surface area contributed by atoms with Gasteiger partial charge in [0, 0.05) is 11.2 Å². The molecule has 8 heteroatoms. The summed E-state index contributed by atoms with van der Waals surface area (Å²) >= 11 is 6.06. The van der Waals surface area contributed by atoms with Gasteiger partial charge >= 0.3 is 12.8 Å². The molecule has 0 aliphatic heterocycles. The summed E-state index contributed by atoms with van der Waals surface area (Å²) in [5.41, 5.74) is -0.304. The summed E-state index contributed by atoms with van der Waals surface area (Å²) in [5, 5.41) is 2.70. The van der Waals surface area contributed by atoms with Gasteiger partial charge in [-0.3, -0.25) is 4.79 Å². The monoisotopic (exact) mass is 411 g/mol. The predicted molar refractivity (Wildman–Crippen MR) is 101 cm³/mol. The third kappa shape index (κ3) is 5.32. The van der Waals surface area contributed by atoms with Crippen LogP contribution in [0, 0.1) is 5.82 Å². The van der Waals surface area contributed by atoms with Crippen molar-refractivity contribution in [1.29, 1.82) is 0 Å². The largest absolute Gasteiger partial charge is 0.459 e. The summed E-state index contributed by atoms with van der Waals surface area (Å²) < 4.78 is 36.5. The van der Waals surface area contributed by atoms with Gasteiger partial charge in [0.2, 0.25) is 0 Å². The van der Waals surface area contributed by atoms with Gasteiger partial charge < -0.3 is 9.26 Å². The number of nitrogens with one attached hydrogen (secondary N) is 1. The van der Waals surface area contributed by atoms with Crippen molar-refractivity contribution in [2.24, 2.45) is 0 Å². The van der Waals surface area contributed by atoms with Gasteiger partial charge in [0.1, 0.15) is 23.7 Å². The van der Waals surface area contributed by atoms with E-state index in [4.69, 9.17) is 20.5 Å². The third-order valence-electron chi connectivity index (χ3n) is 4.44. The number of carbonyl (C=O) groups excluding carboxylic acids is 1. The molecule has 0 radical (unpaired) electrons. The maximum atomic E-state index is 13.0. The minimum Gasteiger partial charge on any atom is -0.459 e. The minimum absolute atomic E-state index is 0.120. The van der Waals surface area contributed by atoms with Crippen LogP contribution in [0.5, 0.6) is 5.75 Å². The first-order valence-corrected chi connectivity index (χ1v) is 11.2. The first-order valence-electron chi connectivity index (χ1n) is 8.64. The maximum absolute atomic E-state index is 13.0. The Kier molecular flexibility index (Phi) is 6.20. The van der Waals surface area contributed by atoms with Crippen molar-refractivity contribution in [3.8, 4) is 5.75 Å². The van der Waals surface area contributed by atoms with E-state index in [-0.39, 0.29) is 12.4 Å². The summed E-state index contributed by atoms with van der Waals surface area (Å²) in [6, 6.07) is 14.3. The van der Waals surface area contributed by atoms with Gasteiger partial charge in [-0.15, -0.1) is 0 Å². The molecule has 144 valence electrons. The molecule has 5 nitrogen and oxygen atoms in total. The Hall–Kier alpha value is -1.88. The minimum atomic E-state index is -3.89. The van der Waals surface area contributed by atoms with Crippen LogP contribution in [0.15, 0.2) is 54.6 Å². The van der Waals surface area contributed by atoms with E-state index in [9.17, 15) is 13.8 Å². The number of esters is 1. The number of hydrogen-bond acceptors (Lipinski definition) is 4. The molecule has 3 rings (SSSR count). The predicted octanol–water partition coefficient (Wildman–Crippen LogP) is 5.20. The Morgan fingerprint density at radius 3 is 2.37 bits per heavy atom. The molecule has 1 unspecified atom stereocenters. The van der Waals surface area contributed by atoms with Crippen LogP contribution in [0.4, 0.5) is 4.39 Å². The Labute approximate surface area is 162 Å². The summed E-state index contributed by atoms with van der Waals surface area (Å²) in [7, 11) is 0. The second-order valence-corrected chi connectivity index (χ2v) is 9.19. The molecule has 0 heterocycles. The van der Waals surface area contributed by atoms with Crippen molar-refractivity contribution in [3.63, 3.8) is 0 Å². The second-order valence-electron chi connectivity index (χ2n) is 6.49. The number of benzene rings is 2. The quantitative estimate of drug-likeness (QED) is 0.501. The van der Waals surface area contributed by atoms with Crippen LogP contribution in [0.1, 0.15) is 31.2 Å². The first-order chi connectivity index (χ1) is 12.9. The van der Waals surface area contributed by atoms with Gasteiger partial charge in [0.15, 0.2) is 0 Å². The topological polar surface area (TPSA) is 64.6 Å². The Morgan fingerprint density at radius 2 is 1.74 bits per heavy atom. The van der Waals surface area contributed by atoms with Gasteiger partial charge in [-0.25, -0.2) is 14.0 Å². The van der Waals surface area contributed by atoms with Crippen LogP contribution in [-0.2, 0) is 20.7 Å². The molecule has 27 heavy (non-hydrogen) atoms. The van der Waals surface area contributed by atoms with Crippen LogP contribution < -0.4 is 9.61 Å². The fraction of sp³-hybridized carbons (Fsp3) is 0.316. The molecule has 0 saturated heterocycles. The highest BCUT2D eigenvalue weighted by atomic mass is 35.7. The van der Waals surface area contributed by atoms with Crippen molar-refractivity contribution >= 4 is 24.1 Å². The van der Waals surface area contributed by atoms with E-state index in [1.807, 2.05) is 30.3 Å². The average Bonchev–Trinajstić information content (AvgIpc) is 3.11. The van der Waals surface area contributed by atoms with Crippen molar-refractivity contribution in [2.45, 2.75) is 37.8 Å². The molecule has 2 aromatic rings. The molecule has 0 spiro atoms. The Bertz CT molecular complexity index is 825. The molecular weight excluding hydrogens is 392 g/mol. The van der Waals surface area contributed by atoms with E-state index < -0.39 is 24.2 Å². The lowest BCUT2D eigenvalue weighted by molar-refractivity contribution is -0.152. The van der Waals surface area contributed by atoms with Gasteiger partial charge in [0.25, 0.3) is 0 Å². The number of rotatable bonds is 7. The summed E-state index contributed by atoms with van der Waals surface area (Å²) in [6.07, 6.45) is 2.45. The van der Waals surface area contributed by atoms with Crippen LogP contribution in [0.2, 0.25) is 0 Å². The standard InChI is InChI=1S/C19H20ClFNO4P/c20-27(24,26-17-10-8-16(21)9-11-17)22-19(12-4-5-13-19)18(23)25-14-15-6-2-1-3-7-15/h1-3,6-11H,4-5,12-14H2,(H,22,24). The number of ether oxygens (including phenoxy) is 1. The van der Waals surface area contributed by atoms with Gasteiger partial charge in [-0.05, 0) is 42.7 Å². The van der Waals surface area contributed by atoms with Crippen LogP contribution in [0.25, 0.3) is 0 Å². The van der Waals surface area contributed by atoms with E-state index in [0.717, 1.165) is 18.4 Å². The van der Waals surface area contributed by atoms with E-state index in [2.05, 4.69) is 5.09 Å². The fourth-order valence-electron chi connectivity index (χ4n) is 3.11. The fourth-order valence-corrected chi connectivity index (χ4v) is 5.10. The zero-order valence-corrected chi connectivity index (χ0v) is 16.2. The SMILES string of the molecule is O=C(OCc1ccccc1)C1(NP(=O)(Cl)Oc2ccc(F)cc2)CCCC1. The number of carbonyl (C=O) groups is 1. The lowest BCUT2D eigenvalue weighted by atomic mass is 10.00. The second kappa shape index (κ2) is 8.42. The van der Waals surface area contributed by atoms with Gasteiger partial charge in [0.05, 0.1) is 0 Å². The molecule has 1 saturated carbocycles. The van der Waals surface area contributed by atoms with E-state index in [1.165, 1.54) is 24.3 Å². The molecule has 1 N–H and O–H groups in total. The summed E-state index contributed by atoms with van der Waals surface area (Å²) in [6.45, 7) is -3.78. The van der Waals surface area contributed by atoms with Crippen LogP contribution in [0.3, 0.4) is 0 Å². The molecule has 0 aromatic heterocycles. The molecule has 0 bridgehead atoms. The zero-order chi connectivity index (χ0) is 19.3.